The molecule has 0 fully saturated rings. The summed E-state index contributed by atoms with van der Waals surface area (Å²) >= 11 is 0. The Bertz CT molecular complexity index is 899. The summed E-state index contributed by atoms with van der Waals surface area (Å²) in [4.78, 5) is 25.8. The van der Waals surface area contributed by atoms with Crippen LogP contribution in [0.5, 0.6) is 0 Å². The van der Waals surface area contributed by atoms with Crippen LogP contribution in [0.3, 0.4) is 0 Å². The predicted molar refractivity (Wildman–Crippen MR) is 167 cm³/mol. The summed E-state index contributed by atoms with van der Waals surface area (Å²) in [5, 5.41) is 6.37. The first-order valence-corrected chi connectivity index (χ1v) is 15.2. The third kappa shape index (κ3) is 13.1. The molecule has 6 heteroatoms. The number of carbonyl (C=O) groups is 2. The largest absolute Gasteiger partial charge is 0.351 e. The molecule has 6 nitrogen and oxygen atoms in total. The Hall–Kier alpha value is -2.70. The van der Waals surface area contributed by atoms with Crippen molar-refractivity contribution in [3.8, 4) is 0 Å². The normalized spacial score (nSPS) is 13.4. The van der Waals surface area contributed by atoms with Gasteiger partial charge in [-0.3, -0.25) is 9.59 Å². The molecule has 222 valence electrons. The van der Waals surface area contributed by atoms with Gasteiger partial charge >= 0.3 is 0 Å². The maximum absolute atomic E-state index is 12.9. The van der Waals surface area contributed by atoms with Crippen LogP contribution < -0.4 is 10.6 Å². The molecular weight excluding hydrogens is 496 g/mol. The molecule has 0 aliphatic carbocycles. The monoisotopic (exact) mass is 552 g/mol. The Labute approximate surface area is 244 Å². The Morgan fingerprint density at radius 3 is 1.12 bits per heavy atom. The molecule has 2 aromatic carbocycles. The molecule has 0 aromatic heterocycles. The number of nitrogens with one attached hydrogen (secondary N) is 2. The minimum absolute atomic E-state index is 0.0885. The van der Waals surface area contributed by atoms with E-state index in [9.17, 15) is 9.59 Å². The third-order valence-electron chi connectivity index (χ3n) is 7.72. The smallest absolute Gasteiger partial charge is 0.278 e. The van der Waals surface area contributed by atoms with E-state index in [-0.39, 0.29) is 23.9 Å². The number of amides is 2. The van der Waals surface area contributed by atoms with Gasteiger partial charge in [-0.2, -0.15) is 0 Å². The van der Waals surface area contributed by atoms with Crippen molar-refractivity contribution in [3.63, 3.8) is 0 Å². The van der Waals surface area contributed by atoms with Gasteiger partial charge in [0, 0.05) is 25.9 Å². The van der Waals surface area contributed by atoms with Gasteiger partial charge in [-0.1, -0.05) is 99.2 Å². The molecule has 0 unspecified atom stereocenters. The highest BCUT2D eigenvalue weighted by Crippen LogP contribution is 2.14. The second-order valence-corrected chi connectivity index (χ2v) is 13.1. The number of quaternary nitrogens is 2. The zero-order valence-electron chi connectivity index (χ0n) is 26.1. The maximum Gasteiger partial charge on any atom is 0.278 e. The molecule has 40 heavy (non-hydrogen) atoms. The molecule has 0 aliphatic heterocycles. The number of nitrogens with zero attached hydrogens (tertiary/aromatic N) is 2. The number of likely N-dealkylation sites (N-methyl/N-ethyl adjacent to an activating group) is 2. The summed E-state index contributed by atoms with van der Waals surface area (Å²) in [6, 6.07) is 20.4. The first kappa shape index (κ1) is 33.5. The zero-order valence-corrected chi connectivity index (χ0v) is 26.1. The Balaban J connectivity index is 1.53. The van der Waals surface area contributed by atoms with Gasteiger partial charge in [0.15, 0.2) is 12.1 Å². The number of carbonyl (C=O) groups excluding carboxylic acids is 2. The van der Waals surface area contributed by atoms with Crippen molar-refractivity contribution in [2.45, 2.75) is 76.3 Å². The summed E-state index contributed by atoms with van der Waals surface area (Å²) in [6.45, 7) is 1.50. The van der Waals surface area contributed by atoms with Crippen LogP contribution in [0.4, 0.5) is 0 Å². The van der Waals surface area contributed by atoms with Crippen LogP contribution in [-0.2, 0) is 22.4 Å². The minimum Gasteiger partial charge on any atom is -0.351 e. The lowest BCUT2D eigenvalue weighted by molar-refractivity contribution is -0.886. The van der Waals surface area contributed by atoms with Gasteiger partial charge in [-0.05, 0) is 24.0 Å². The van der Waals surface area contributed by atoms with E-state index in [1.54, 1.807) is 0 Å². The van der Waals surface area contributed by atoms with Crippen molar-refractivity contribution in [3.05, 3.63) is 71.8 Å². The van der Waals surface area contributed by atoms with Gasteiger partial charge < -0.3 is 19.6 Å². The molecule has 0 heterocycles. The Kier molecular flexibility index (Phi) is 14.4. The van der Waals surface area contributed by atoms with Crippen LogP contribution in [0, 0.1) is 0 Å². The van der Waals surface area contributed by atoms with E-state index in [0.29, 0.717) is 8.97 Å². The van der Waals surface area contributed by atoms with E-state index in [1.165, 1.54) is 36.8 Å². The van der Waals surface area contributed by atoms with Gasteiger partial charge in [0.2, 0.25) is 0 Å². The van der Waals surface area contributed by atoms with Crippen LogP contribution >= 0.6 is 0 Å². The second kappa shape index (κ2) is 17.2. The summed E-state index contributed by atoms with van der Waals surface area (Å²) < 4.78 is 1.24. The lowest BCUT2D eigenvalue weighted by Gasteiger charge is -2.33. The van der Waals surface area contributed by atoms with Crippen molar-refractivity contribution < 1.29 is 18.6 Å². The van der Waals surface area contributed by atoms with Crippen LogP contribution in [-0.4, -0.2) is 88.2 Å². The molecule has 2 N–H and O–H groups in total. The number of hydrogen-bond donors (Lipinski definition) is 2. The van der Waals surface area contributed by atoms with Crippen LogP contribution in [0.15, 0.2) is 60.7 Å². The molecular formula is C34H56N4O2+2. The SMILES string of the molecule is C[N+](C)(C)[C@@H](Cc1ccccc1)C(=O)NCCCCCCCCCCNC(=O)[C@H](Cc1ccccc1)[N+](C)(C)C. The third-order valence-corrected chi connectivity index (χ3v) is 7.72. The average molecular weight is 553 g/mol. The summed E-state index contributed by atoms with van der Waals surface area (Å²) in [5.41, 5.74) is 2.41. The minimum atomic E-state index is -0.0885. The van der Waals surface area contributed by atoms with E-state index in [2.05, 4.69) is 77.2 Å². The van der Waals surface area contributed by atoms with Gasteiger partial charge in [-0.25, -0.2) is 0 Å². The standard InChI is InChI=1S/C34H54N4O2/c1-37(2,3)31(27-29-21-15-13-16-22-29)33(39)35-25-19-11-9-7-8-10-12-20-26-36-34(40)32(38(4,5)6)28-30-23-17-14-18-24-30/h13-18,21-24,31-32H,7-12,19-20,25-28H2,1-6H3/p+2/t31-,32-/m0/s1. The summed E-state index contributed by atoms with van der Waals surface area (Å²) in [6.07, 6.45) is 10.8. The number of unbranched alkanes of at least 4 members (excludes halogenated alkanes) is 7. The molecule has 0 aliphatic rings. The maximum atomic E-state index is 12.9. The first-order valence-electron chi connectivity index (χ1n) is 15.2. The highest BCUT2D eigenvalue weighted by molar-refractivity contribution is 5.81. The molecule has 0 saturated heterocycles. The molecule has 0 spiro atoms. The highest BCUT2D eigenvalue weighted by atomic mass is 16.2. The lowest BCUT2D eigenvalue weighted by Crippen LogP contribution is -2.55. The first-order chi connectivity index (χ1) is 19.0. The van der Waals surface area contributed by atoms with Crippen molar-refractivity contribution in [2.75, 3.05) is 55.4 Å². The molecule has 0 bridgehead atoms. The number of hydrogen-bond acceptors (Lipinski definition) is 2. The Morgan fingerprint density at radius 1 is 0.525 bits per heavy atom. The van der Waals surface area contributed by atoms with Crippen LogP contribution in [0.2, 0.25) is 0 Å². The highest BCUT2D eigenvalue weighted by Gasteiger charge is 2.32. The van der Waals surface area contributed by atoms with Crippen molar-refractivity contribution in [1.29, 1.82) is 0 Å². The summed E-state index contributed by atoms with van der Waals surface area (Å²) in [7, 11) is 12.6. The van der Waals surface area contributed by atoms with Crippen molar-refractivity contribution in [1.82, 2.24) is 10.6 Å². The fourth-order valence-electron chi connectivity index (χ4n) is 5.08. The fourth-order valence-corrected chi connectivity index (χ4v) is 5.08. The molecule has 2 rings (SSSR count). The fraction of sp³-hybridized carbons (Fsp3) is 0.588. The average Bonchev–Trinajstić information content (AvgIpc) is 2.90. The number of benzene rings is 2. The van der Waals surface area contributed by atoms with Gasteiger partial charge in [-0.15, -0.1) is 0 Å². The van der Waals surface area contributed by atoms with Crippen LogP contribution in [0.1, 0.15) is 62.5 Å². The quantitative estimate of drug-likeness (QED) is 0.191. The van der Waals surface area contributed by atoms with Gasteiger partial charge in [0.05, 0.1) is 42.3 Å². The van der Waals surface area contributed by atoms with E-state index >= 15 is 0 Å². The topological polar surface area (TPSA) is 58.2 Å². The zero-order chi connectivity index (χ0) is 29.4. The van der Waals surface area contributed by atoms with Gasteiger partial charge in [0.1, 0.15) is 0 Å². The number of rotatable bonds is 19. The van der Waals surface area contributed by atoms with E-state index in [4.69, 9.17) is 0 Å². The Morgan fingerprint density at radius 2 is 0.825 bits per heavy atom. The van der Waals surface area contributed by atoms with E-state index < -0.39 is 0 Å². The molecule has 2 atom stereocenters. The lowest BCUT2D eigenvalue weighted by atomic mass is 10.0. The van der Waals surface area contributed by atoms with Gasteiger partial charge in [0.25, 0.3) is 11.8 Å². The predicted octanol–water partition coefficient (Wildman–Crippen LogP) is 4.97. The van der Waals surface area contributed by atoms with Crippen molar-refractivity contribution >= 4 is 11.8 Å². The van der Waals surface area contributed by atoms with E-state index in [0.717, 1.165) is 51.6 Å². The molecule has 0 saturated carbocycles. The molecule has 2 aromatic rings. The van der Waals surface area contributed by atoms with E-state index in [1.807, 2.05) is 36.4 Å². The summed E-state index contributed by atoms with van der Waals surface area (Å²) in [5.74, 6) is 0.299. The second-order valence-electron chi connectivity index (χ2n) is 13.1. The van der Waals surface area contributed by atoms with Crippen molar-refractivity contribution in [2.24, 2.45) is 0 Å². The van der Waals surface area contributed by atoms with Crippen LogP contribution in [0.25, 0.3) is 0 Å². The molecule has 2 amide bonds. The molecule has 0 radical (unpaired) electrons.